The lowest BCUT2D eigenvalue weighted by atomic mass is 10.3. The average Bonchev–Trinajstić information content (AvgIpc) is 3.14. The van der Waals surface area contributed by atoms with Gasteiger partial charge in [0, 0.05) is 20.0 Å². The minimum Gasteiger partial charge on any atom is -0.489 e. The van der Waals surface area contributed by atoms with Crippen LogP contribution in [0.4, 0.5) is 5.69 Å². The van der Waals surface area contributed by atoms with Gasteiger partial charge in [0.15, 0.2) is 5.82 Å². The van der Waals surface area contributed by atoms with Crippen molar-refractivity contribution in [1.29, 1.82) is 0 Å². The minimum atomic E-state index is -3.70. The number of carbonyl (C=O) groups is 1. The molecular weight excluding hydrogens is 444 g/mol. The van der Waals surface area contributed by atoms with E-state index in [0.29, 0.717) is 55.2 Å². The number of sulfonamides is 1. The molecule has 170 valence electrons. The topological polar surface area (TPSA) is 124 Å². The molecule has 0 saturated carbocycles. The third kappa shape index (κ3) is 6.42. The molecule has 0 bridgehead atoms. The predicted octanol–water partition coefficient (Wildman–Crippen LogP) is 2.06. The fourth-order valence-electron chi connectivity index (χ4n) is 2.88. The van der Waals surface area contributed by atoms with Crippen LogP contribution in [0.3, 0.4) is 0 Å². The van der Waals surface area contributed by atoms with Gasteiger partial charge in [-0.05, 0) is 32.0 Å². The molecular formula is C19H26N4O6S2. The van der Waals surface area contributed by atoms with Crippen LogP contribution >= 0.6 is 11.8 Å². The Morgan fingerprint density at radius 3 is 2.71 bits per heavy atom. The van der Waals surface area contributed by atoms with Gasteiger partial charge in [-0.1, -0.05) is 5.16 Å². The van der Waals surface area contributed by atoms with E-state index in [2.05, 4.69) is 15.5 Å². The van der Waals surface area contributed by atoms with Crippen LogP contribution in [0.2, 0.25) is 0 Å². The molecule has 1 aliphatic rings. The lowest BCUT2D eigenvalue weighted by molar-refractivity contribution is -0.113. The Labute approximate surface area is 185 Å². The molecule has 2 heterocycles. The number of carbonyl (C=O) groups excluding carboxylic acids is 1. The molecule has 0 aliphatic carbocycles. The van der Waals surface area contributed by atoms with Gasteiger partial charge >= 0.3 is 0 Å². The van der Waals surface area contributed by atoms with E-state index >= 15 is 0 Å². The monoisotopic (exact) mass is 470 g/mol. The van der Waals surface area contributed by atoms with Crippen LogP contribution in [0, 0.1) is 6.92 Å². The number of aromatic nitrogens is 2. The van der Waals surface area contributed by atoms with E-state index in [1.807, 2.05) is 13.8 Å². The van der Waals surface area contributed by atoms with Gasteiger partial charge < -0.3 is 19.3 Å². The summed E-state index contributed by atoms with van der Waals surface area (Å²) in [6, 6.07) is 4.50. The van der Waals surface area contributed by atoms with Crippen molar-refractivity contribution in [2.24, 2.45) is 0 Å². The lowest BCUT2D eigenvalue weighted by Crippen LogP contribution is -2.40. The Hall–Kier alpha value is -2.15. The molecule has 0 radical (unpaired) electrons. The molecule has 1 aromatic heterocycles. The highest BCUT2D eigenvalue weighted by Gasteiger charge is 2.27. The number of thioether (sulfide) groups is 1. The summed E-state index contributed by atoms with van der Waals surface area (Å²) in [5.74, 6) is 1.65. The lowest BCUT2D eigenvalue weighted by Gasteiger charge is -2.26. The highest BCUT2D eigenvalue weighted by atomic mass is 32.2. The number of anilines is 1. The van der Waals surface area contributed by atoms with Crippen molar-refractivity contribution >= 4 is 33.4 Å². The molecule has 3 rings (SSSR count). The molecule has 10 nitrogen and oxygen atoms in total. The van der Waals surface area contributed by atoms with Crippen molar-refractivity contribution in [3.05, 3.63) is 29.9 Å². The number of hydrogen-bond acceptors (Lipinski definition) is 9. The quantitative estimate of drug-likeness (QED) is 0.586. The van der Waals surface area contributed by atoms with Crippen LogP contribution in [0.1, 0.15) is 25.6 Å². The van der Waals surface area contributed by atoms with Gasteiger partial charge in [0.05, 0.1) is 41.4 Å². The number of ether oxygens (including phenoxy) is 2. The fraction of sp³-hybridized carbons (Fsp3) is 0.526. The maximum absolute atomic E-state index is 13.0. The smallest absolute Gasteiger partial charge is 0.243 e. The summed E-state index contributed by atoms with van der Waals surface area (Å²) in [6.07, 6.45) is -0.145. The SMILES string of the molecule is Cc1nc(CSCC(=O)Nc2cc(S(=O)(=O)N3CCOCC3)ccc2OC(C)C)no1. The molecule has 1 aromatic carbocycles. The molecule has 31 heavy (non-hydrogen) atoms. The number of aryl methyl sites for hydroxylation is 1. The molecule has 0 unspecified atom stereocenters. The first kappa shape index (κ1) is 23.5. The zero-order valence-corrected chi connectivity index (χ0v) is 19.3. The molecule has 12 heteroatoms. The molecule has 1 aliphatic heterocycles. The van der Waals surface area contributed by atoms with E-state index in [-0.39, 0.29) is 22.7 Å². The van der Waals surface area contributed by atoms with E-state index in [1.165, 1.54) is 28.2 Å². The standard InChI is InChI=1S/C19H26N4O6S2/c1-13(2)28-17-5-4-15(31(25,26)23-6-8-27-9-7-23)10-16(17)21-19(24)12-30-11-18-20-14(3)29-22-18/h4-5,10,13H,6-9,11-12H2,1-3H3,(H,21,24). The van der Waals surface area contributed by atoms with E-state index in [1.54, 1.807) is 13.0 Å². The Morgan fingerprint density at radius 2 is 2.06 bits per heavy atom. The summed E-state index contributed by atoms with van der Waals surface area (Å²) in [5, 5.41) is 6.55. The highest BCUT2D eigenvalue weighted by molar-refractivity contribution is 7.99. The van der Waals surface area contributed by atoms with Crippen LogP contribution < -0.4 is 10.1 Å². The summed E-state index contributed by atoms with van der Waals surface area (Å²) in [4.78, 5) is 16.7. The van der Waals surface area contributed by atoms with Gasteiger partial charge in [-0.25, -0.2) is 8.42 Å². The Balaban J connectivity index is 1.72. The third-order valence-electron chi connectivity index (χ3n) is 4.23. The zero-order valence-electron chi connectivity index (χ0n) is 17.7. The maximum atomic E-state index is 13.0. The largest absolute Gasteiger partial charge is 0.489 e. The van der Waals surface area contributed by atoms with Crippen LogP contribution in [0.5, 0.6) is 5.75 Å². The summed E-state index contributed by atoms with van der Waals surface area (Å²) in [6.45, 7) is 6.70. The molecule has 2 aromatic rings. The summed E-state index contributed by atoms with van der Waals surface area (Å²) >= 11 is 1.32. The summed E-state index contributed by atoms with van der Waals surface area (Å²) in [7, 11) is -3.70. The first-order chi connectivity index (χ1) is 14.8. The van der Waals surface area contributed by atoms with Gasteiger partial charge in [-0.15, -0.1) is 11.8 Å². The molecule has 1 fully saturated rings. The summed E-state index contributed by atoms with van der Waals surface area (Å²) < 4.78 is 43.2. The van der Waals surface area contributed by atoms with Crippen LogP contribution in [-0.4, -0.2) is 66.9 Å². The Morgan fingerprint density at radius 1 is 1.32 bits per heavy atom. The van der Waals surface area contributed by atoms with Gasteiger partial charge in [0.25, 0.3) is 0 Å². The van der Waals surface area contributed by atoms with Gasteiger partial charge in [-0.3, -0.25) is 4.79 Å². The van der Waals surface area contributed by atoms with E-state index < -0.39 is 10.0 Å². The molecule has 0 atom stereocenters. The first-order valence-electron chi connectivity index (χ1n) is 9.81. The van der Waals surface area contributed by atoms with Crippen molar-refractivity contribution in [2.75, 3.05) is 37.4 Å². The number of morpholine rings is 1. The van der Waals surface area contributed by atoms with Gasteiger partial charge in [0.2, 0.25) is 21.8 Å². The van der Waals surface area contributed by atoms with Crippen LogP contribution in [0.25, 0.3) is 0 Å². The van der Waals surface area contributed by atoms with E-state index in [4.69, 9.17) is 14.0 Å². The maximum Gasteiger partial charge on any atom is 0.243 e. The van der Waals surface area contributed by atoms with Crippen molar-refractivity contribution in [3.8, 4) is 5.75 Å². The van der Waals surface area contributed by atoms with E-state index in [9.17, 15) is 13.2 Å². The fourth-order valence-corrected chi connectivity index (χ4v) is 4.98. The number of nitrogens with one attached hydrogen (secondary N) is 1. The Kier molecular flexibility index (Phi) is 7.92. The Bertz CT molecular complexity index is 1000. The highest BCUT2D eigenvalue weighted by Crippen LogP contribution is 2.30. The number of benzene rings is 1. The predicted molar refractivity (Wildman–Crippen MR) is 116 cm³/mol. The molecule has 0 spiro atoms. The van der Waals surface area contributed by atoms with Crippen LogP contribution in [0.15, 0.2) is 27.6 Å². The van der Waals surface area contributed by atoms with Gasteiger partial charge in [-0.2, -0.15) is 9.29 Å². The molecule has 1 N–H and O–H groups in total. The minimum absolute atomic E-state index is 0.0933. The second kappa shape index (κ2) is 10.4. The van der Waals surface area contributed by atoms with Crippen molar-refractivity contribution < 1.29 is 27.2 Å². The summed E-state index contributed by atoms with van der Waals surface area (Å²) in [5.41, 5.74) is 0.309. The number of hydrogen-bond donors (Lipinski definition) is 1. The normalized spacial score (nSPS) is 15.2. The number of nitrogens with zero attached hydrogens (tertiary/aromatic N) is 3. The van der Waals surface area contributed by atoms with Gasteiger partial charge in [0.1, 0.15) is 5.75 Å². The zero-order chi connectivity index (χ0) is 22.4. The average molecular weight is 471 g/mol. The molecule has 1 saturated heterocycles. The first-order valence-corrected chi connectivity index (χ1v) is 12.4. The van der Waals surface area contributed by atoms with Crippen molar-refractivity contribution in [1.82, 2.24) is 14.4 Å². The number of rotatable bonds is 9. The third-order valence-corrected chi connectivity index (χ3v) is 7.05. The van der Waals surface area contributed by atoms with Crippen molar-refractivity contribution in [3.63, 3.8) is 0 Å². The second-order valence-electron chi connectivity index (χ2n) is 7.11. The molecule has 1 amide bonds. The van der Waals surface area contributed by atoms with Crippen LogP contribution in [-0.2, 0) is 25.3 Å². The van der Waals surface area contributed by atoms with Crippen molar-refractivity contribution in [2.45, 2.75) is 37.5 Å². The second-order valence-corrected chi connectivity index (χ2v) is 10.0. The number of amides is 1. The van der Waals surface area contributed by atoms with E-state index in [0.717, 1.165) is 0 Å².